The van der Waals surface area contributed by atoms with Crippen LogP contribution in [0.3, 0.4) is 0 Å². The van der Waals surface area contributed by atoms with Crippen LogP contribution in [-0.2, 0) is 14.3 Å². The van der Waals surface area contributed by atoms with Crippen LogP contribution in [0.1, 0.15) is 47.5 Å². The van der Waals surface area contributed by atoms with E-state index < -0.39 is 0 Å². The smallest absolute Gasteiger partial charge is 0.302 e. The van der Waals surface area contributed by atoms with Crippen LogP contribution in [0.15, 0.2) is 23.8 Å². The van der Waals surface area contributed by atoms with Gasteiger partial charge in [0.15, 0.2) is 0 Å². The van der Waals surface area contributed by atoms with Crippen LogP contribution < -0.4 is 0 Å². The van der Waals surface area contributed by atoms with Crippen LogP contribution in [0.5, 0.6) is 0 Å². The summed E-state index contributed by atoms with van der Waals surface area (Å²) in [5, 5.41) is 0. The van der Waals surface area contributed by atoms with Gasteiger partial charge in [0.25, 0.3) is 0 Å². The molecule has 0 aromatic carbocycles. The number of ether oxygens (including phenoxy) is 2. The van der Waals surface area contributed by atoms with E-state index in [2.05, 4.69) is 40.3 Å². The summed E-state index contributed by atoms with van der Waals surface area (Å²) >= 11 is 0. The number of carbonyl (C=O) groups is 1. The molecule has 1 saturated carbocycles. The first-order valence-electron chi connectivity index (χ1n) is 8.40. The molecule has 6 atom stereocenters. The molecular formula is C19H28O3. The van der Waals surface area contributed by atoms with Crippen LogP contribution in [0.4, 0.5) is 0 Å². The Labute approximate surface area is 133 Å². The molecular weight excluding hydrogens is 276 g/mol. The lowest BCUT2D eigenvalue weighted by molar-refractivity contribution is -0.150. The molecule has 1 aliphatic heterocycles. The molecule has 3 nitrogen and oxygen atoms in total. The number of carbonyl (C=O) groups excluding carboxylic acids is 1. The second kappa shape index (κ2) is 5.23. The first-order chi connectivity index (χ1) is 10.2. The molecule has 2 fully saturated rings. The van der Waals surface area contributed by atoms with Gasteiger partial charge in [-0.2, -0.15) is 0 Å². The standard InChI is InChI=1S/C19H28O3/c1-10-7-8-14-16(10)18-17(11(2)12(3)21-18)15(22-13(4)20)9-19(14,5)6/h7,12,14-18H,2,8-9H2,1,3-6H3. The molecule has 0 N–H and O–H groups in total. The molecule has 6 unspecified atom stereocenters. The zero-order valence-electron chi connectivity index (χ0n) is 14.4. The van der Waals surface area contributed by atoms with Crippen molar-refractivity contribution < 1.29 is 14.3 Å². The van der Waals surface area contributed by atoms with Crippen LogP contribution in [0, 0.1) is 23.2 Å². The maximum absolute atomic E-state index is 11.6. The summed E-state index contributed by atoms with van der Waals surface area (Å²) in [4.78, 5) is 11.6. The Hall–Kier alpha value is -1.09. The Bertz CT molecular complexity index is 531. The topological polar surface area (TPSA) is 35.5 Å². The second-order valence-electron chi connectivity index (χ2n) is 8.00. The van der Waals surface area contributed by atoms with Gasteiger partial charge in [-0.15, -0.1) is 0 Å². The van der Waals surface area contributed by atoms with Crippen molar-refractivity contribution in [3.63, 3.8) is 0 Å². The lowest BCUT2D eigenvalue weighted by atomic mass is 9.70. The van der Waals surface area contributed by atoms with Crippen molar-refractivity contribution in [2.24, 2.45) is 23.2 Å². The molecule has 0 amide bonds. The average Bonchev–Trinajstić information content (AvgIpc) is 2.87. The number of rotatable bonds is 1. The van der Waals surface area contributed by atoms with Crippen molar-refractivity contribution in [3.05, 3.63) is 23.8 Å². The Balaban J connectivity index is 2.03. The van der Waals surface area contributed by atoms with Gasteiger partial charge in [0.2, 0.25) is 0 Å². The minimum Gasteiger partial charge on any atom is -0.462 e. The van der Waals surface area contributed by atoms with E-state index in [1.54, 1.807) is 0 Å². The number of esters is 1. The van der Waals surface area contributed by atoms with E-state index in [0.717, 1.165) is 18.4 Å². The van der Waals surface area contributed by atoms with Crippen molar-refractivity contribution >= 4 is 5.97 Å². The Morgan fingerprint density at radius 3 is 2.73 bits per heavy atom. The van der Waals surface area contributed by atoms with Crippen molar-refractivity contribution in [2.75, 3.05) is 0 Å². The van der Waals surface area contributed by atoms with Gasteiger partial charge in [0, 0.05) is 18.8 Å². The fourth-order valence-electron chi connectivity index (χ4n) is 4.98. The average molecular weight is 304 g/mol. The highest BCUT2D eigenvalue weighted by molar-refractivity contribution is 5.66. The zero-order chi connectivity index (χ0) is 16.2. The van der Waals surface area contributed by atoms with Crippen molar-refractivity contribution in [3.8, 4) is 0 Å². The van der Waals surface area contributed by atoms with Gasteiger partial charge in [-0.25, -0.2) is 0 Å². The molecule has 2 aliphatic carbocycles. The summed E-state index contributed by atoms with van der Waals surface area (Å²) in [6.45, 7) is 14.7. The highest BCUT2D eigenvalue weighted by Crippen LogP contribution is 2.56. The monoisotopic (exact) mass is 304 g/mol. The molecule has 3 aliphatic rings. The minimum atomic E-state index is -0.203. The lowest BCUT2D eigenvalue weighted by Crippen LogP contribution is -2.35. The minimum absolute atomic E-state index is 0.0447. The molecule has 1 saturated heterocycles. The molecule has 0 spiro atoms. The van der Waals surface area contributed by atoms with E-state index in [9.17, 15) is 4.79 Å². The summed E-state index contributed by atoms with van der Waals surface area (Å²) < 4.78 is 12.1. The van der Waals surface area contributed by atoms with Gasteiger partial charge in [0.1, 0.15) is 6.10 Å². The lowest BCUT2D eigenvalue weighted by Gasteiger charge is -2.36. The van der Waals surface area contributed by atoms with Crippen molar-refractivity contribution in [1.29, 1.82) is 0 Å². The van der Waals surface area contributed by atoms with Gasteiger partial charge in [-0.1, -0.05) is 32.1 Å². The van der Waals surface area contributed by atoms with Crippen LogP contribution in [0.2, 0.25) is 0 Å². The quantitative estimate of drug-likeness (QED) is 0.544. The fraction of sp³-hybridized carbons (Fsp3) is 0.737. The summed E-state index contributed by atoms with van der Waals surface area (Å²) in [6.07, 6.45) is 4.37. The largest absolute Gasteiger partial charge is 0.462 e. The van der Waals surface area contributed by atoms with E-state index in [-0.39, 0.29) is 35.6 Å². The highest BCUT2D eigenvalue weighted by atomic mass is 16.5. The molecule has 1 heterocycles. The van der Waals surface area contributed by atoms with E-state index >= 15 is 0 Å². The zero-order valence-corrected chi connectivity index (χ0v) is 14.4. The van der Waals surface area contributed by atoms with E-state index in [0.29, 0.717) is 11.8 Å². The van der Waals surface area contributed by atoms with Crippen LogP contribution >= 0.6 is 0 Å². The third-order valence-electron chi connectivity index (χ3n) is 6.12. The SMILES string of the molecule is C=C1C(C)OC2C1C(OC(C)=O)CC(C)(C)C1CC=C(C)C21. The first-order valence-corrected chi connectivity index (χ1v) is 8.40. The fourth-order valence-corrected chi connectivity index (χ4v) is 4.98. The van der Waals surface area contributed by atoms with Gasteiger partial charge in [0.05, 0.1) is 12.2 Å². The van der Waals surface area contributed by atoms with Gasteiger partial charge >= 0.3 is 5.97 Å². The third kappa shape index (κ3) is 2.34. The third-order valence-corrected chi connectivity index (χ3v) is 6.12. The number of hydrogen-bond acceptors (Lipinski definition) is 3. The van der Waals surface area contributed by atoms with Crippen molar-refractivity contribution in [2.45, 2.75) is 65.8 Å². The Morgan fingerprint density at radius 1 is 1.41 bits per heavy atom. The van der Waals surface area contributed by atoms with E-state index in [1.807, 2.05) is 0 Å². The number of fused-ring (bicyclic) bond motifs is 3. The molecule has 0 radical (unpaired) electrons. The second-order valence-corrected chi connectivity index (χ2v) is 8.00. The summed E-state index contributed by atoms with van der Waals surface area (Å²) in [5.74, 6) is 0.891. The van der Waals surface area contributed by atoms with Crippen LogP contribution in [-0.4, -0.2) is 24.3 Å². The molecule has 3 rings (SSSR count). The van der Waals surface area contributed by atoms with Crippen molar-refractivity contribution in [1.82, 2.24) is 0 Å². The summed E-state index contributed by atoms with van der Waals surface area (Å²) in [5.41, 5.74) is 2.64. The van der Waals surface area contributed by atoms with Gasteiger partial charge in [-0.05, 0) is 43.6 Å². The maximum atomic E-state index is 11.6. The predicted molar refractivity (Wildman–Crippen MR) is 86.3 cm³/mol. The number of allylic oxidation sites excluding steroid dienone is 1. The molecule has 22 heavy (non-hydrogen) atoms. The van der Waals surface area contributed by atoms with E-state index in [4.69, 9.17) is 9.47 Å². The molecule has 0 aromatic heterocycles. The van der Waals surface area contributed by atoms with Gasteiger partial charge < -0.3 is 9.47 Å². The molecule has 122 valence electrons. The Kier molecular flexibility index (Phi) is 3.75. The highest BCUT2D eigenvalue weighted by Gasteiger charge is 2.56. The first kappa shape index (κ1) is 15.8. The van der Waals surface area contributed by atoms with E-state index in [1.165, 1.54) is 12.5 Å². The van der Waals surface area contributed by atoms with Gasteiger partial charge in [-0.3, -0.25) is 4.79 Å². The summed E-state index contributed by atoms with van der Waals surface area (Å²) in [6, 6.07) is 0. The Morgan fingerprint density at radius 2 is 2.09 bits per heavy atom. The maximum Gasteiger partial charge on any atom is 0.302 e. The van der Waals surface area contributed by atoms with Crippen LogP contribution in [0.25, 0.3) is 0 Å². The number of hydrogen-bond donors (Lipinski definition) is 0. The normalized spacial score (nSPS) is 43.1. The molecule has 0 aromatic rings. The summed E-state index contributed by atoms with van der Waals surface area (Å²) in [7, 11) is 0. The molecule has 0 bridgehead atoms. The predicted octanol–water partition coefficient (Wildman–Crippen LogP) is 3.89. The molecule has 3 heteroatoms.